The van der Waals surface area contributed by atoms with Crippen molar-refractivity contribution in [2.75, 3.05) is 18.1 Å². The zero-order valence-electron chi connectivity index (χ0n) is 19.0. The van der Waals surface area contributed by atoms with Gasteiger partial charge >= 0.3 is 0 Å². The lowest BCUT2D eigenvalue weighted by Crippen LogP contribution is -2.24. The molecule has 0 unspecified atom stereocenters. The van der Waals surface area contributed by atoms with Crippen molar-refractivity contribution in [1.29, 1.82) is 0 Å². The van der Waals surface area contributed by atoms with E-state index in [1.165, 1.54) is 44.0 Å². The third kappa shape index (κ3) is 4.25. The van der Waals surface area contributed by atoms with Crippen LogP contribution in [0.5, 0.6) is 5.75 Å². The average molecular weight is 432 g/mol. The Bertz CT molecular complexity index is 1070. The number of para-hydroxylation sites is 2. The van der Waals surface area contributed by atoms with E-state index in [0.717, 1.165) is 35.2 Å². The largest absolute Gasteiger partial charge is 0.494 e. The number of fused-ring (bicyclic) bond motifs is 1. The van der Waals surface area contributed by atoms with Crippen molar-refractivity contribution in [3.05, 3.63) is 54.4 Å². The Kier molecular flexibility index (Phi) is 6.15. The predicted octanol–water partition coefficient (Wildman–Crippen LogP) is 5.93. The van der Waals surface area contributed by atoms with Crippen LogP contribution >= 0.6 is 0 Å². The minimum atomic E-state index is 0.118. The topological polar surface area (TPSA) is 47.4 Å². The summed E-state index contributed by atoms with van der Waals surface area (Å²) in [5.74, 6) is 3.02. The molecule has 1 atom stereocenters. The Morgan fingerprint density at radius 1 is 1.03 bits per heavy atom. The van der Waals surface area contributed by atoms with Crippen LogP contribution in [0.3, 0.4) is 0 Å². The number of nitrogens with zero attached hydrogens (tertiary/aromatic N) is 3. The second kappa shape index (κ2) is 9.35. The Hall–Kier alpha value is -2.82. The number of benzene rings is 2. The van der Waals surface area contributed by atoms with Crippen LogP contribution in [0.4, 0.5) is 5.69 Å². The van der Waals surface area contributed by atoms with E-state index in [0.29, 0.717) is 19.6 Å². The number of aryl methyl sites for hydroxylation is 1. The highest BCUT2D eigenvalue weighted by atomic mass is 16.5. The van der Waals surface area contributed by atoms with Crippen molar-refractivity contribution in [3.8, 4) is 5.75 Å². The van der Waals surface area contributed by atoms with Crippen LogP contribution in [-0.2, 0) is 11.3 Å². The molecular formula is C27H33N3O2. The molecule has 0 N–H and O–H groups in total. The summed E-state index contributed by atoms with van der Waals surface area (Å²) in [5.41, 5.74) is 3.18. The number of ether oxygens (including phenoxy) is 1. The van der Waals surface area contributed by atoms with Crippen LogP contribution in [0, 0.1) is 5.92 Å². The Labute approximate surface area is 190 Å². The van der Waals surface area contributed by atoms with Gasteiger partial charge in [0, 0.05) is 31.1 Å². The number of hydrogen-bond acceptors (Lipinski definition) is 3. The molecule has 168 valence electrons. The second-order valence-corrected chi connectivity index (χ2v) is 9.24. The summed E-state index contributed by atoms with van der Waals surface area (Å²) < 4.78 is 7.96. The molecule has 1 amide bonds. The first-order chi connectivity index (χ1) is 15.7. The second-order valence-electron chi connectivity index (χ2n) is 9.24. The first-order valence-electron chi connectivity index (χ1n) is 12.2. The predicted molar refractivity (Wildman–Crippen MR) is 128 cm³/mol. The highest BCUT2D eigenvalue weighted by Gasteiger charge is 2.35. The van der Waals surface area contributed by atoms with Gasteiger partial charge in [-0.25, -0.2) is 4.98 Å². The fourth-order valence-corrected chi connectivity index (χ4v) is 5.45. The monoisotopic (exact) mass is 431 g/mol. The zero-order chi connectivity index (χ0) is 21.9. The van der Waals surface area contributed by atoms with Crippen molar-refractivity contribution in [2.24, 2.45) is 5.92 Å². The molecular weight excluding hydrogens is 398 g/mol. The summed E-state index contributed by atoms with van der Waals surface area (Å²) in [4.78, 5) is 19.9. The minimum absolute atomic E-state index is 0.118. The molecule has 1 saturated heterocycles. The summed E-state index contributed by atoms with van der Waals surface area (Å²) in [6.07, 6.45) is 8.56. The highest BCUT2D eigenvalue weighted by Crippen LogP contribution is 2.35. The quantitative estimate of drug-likeness (QED) is 0.466. The maximum Gasteiger partial charge on any atom is 0.227 e. The van der Waals surface area contributed by atoms with Crippen molar-refractivity contribution in [1.82, 2.24) is 9.55 Å². The van der Waals surface area contributed by atoms with E-state index < -0.39 is 0 Å². The van der Waals surface area contributed by atoms with Crippen LogP contribution in [0.15, 0.2) is 48.5 Å². The van der Waals surface area contributed by atoms with Crippen molar-refractivity contribution in [3.63, 3.8) is 0 Å². The number of rotatable bonds is 7. The van der Waals surface area contributed by atoms with Crippen molar-refractivity contribution >= 4 is 22.6 Å². The molecule has 0 bridgehead atoms. The lowest BCUT2D eigenvalue weighted by atomic mass is 9.87. The minimum Gasteiger partial charge on any atom is -0.494 e. The number of carbonyl (C=O) groups excluding carboxylic acids is 1. The lowest BCUT2D eigenvalue weighted by molar-refractivity contribution is -0.117. The van der Waals surface area contributed by atoms with Crippen molar-refractivity contribution < 1.29 is 9.53 Å². The first kappa shape index (κ1) is 21.0. The van der Waals surface area contributed by atoms with E-state index in [4.69, 9.17) is 9.72 Å². The van der Waals surface area contributed by atoms with Gasteiger partial charge in [-0.15, -0.1) is 0 Å². The smallest absolute Gasteiger partial charge is 0.227 e. The SMILES string of the molecule is CCOc1ccc(N2C[C@@H](c3nc4ccccc4n3CCC3CCCCC3)CC2=O)cc1. The van der Waals surface area contributed by atoms with Gasteiger partial charge in [0.15, 0.2) is 0 Å². The van der Waals surface area contributed by atoms with Gasteiger partial charge in [-0.05, 0) is 55.7 Å². The van der Waals surface area contributed by atoms with E-state index >= 15 is 0 Å². The van der Waals surface area contributed by atoms with Gasteiger partial charge in [0.2, 0.25) is 5.91 Å². The summed E-state index contributed by atoms with van der Waals surface area (Å²) in [5, 5.41) is 0. The summed E-state index contributed by atoms with van der Waals surface area (Å²) in [7, 11) is 0. The van der Waals surface area contributed by atoms with Gasteiger partial charge in [0.05, 0.1) is 17.6 Å². The summed E-state index contributed by atoms with van der Waals surface area (Å²) in [6.45, 7) is 4.29. The van der Waals surface area contributed by atoms with Gasteiger partial charge in [-0.3, -0.25) is 4.79 Å². The molecule has 5 nitrogen and oxygen atoms in total. The van der Waals surface area contributed by atoms with Gasteiger partial charge in [0.1, 0.15) is 11.6 Å². The highest BCUT2D eigenvalue weighted by molar-refractivity contribution is 5.96. The normalized spacial score (nSPS) is 19.7. The van der Waals surface area contributed by atoms with E-state index in [9.17, 15) is 4.79 Å². The number of amides is 1. The fourth-order valence-electron chi connectivity index (χ4n) is 5.45. The Balaban J connectivity index is 1.38. The molecule has 5 heteroatoms. The van der Waals surface area contributed by atoms with Crippen LogP contribution < -0.4 is 9.64 Å². The van der Waals surface area contributed by atoms with Crippen molar-refractivity contribution in [2.45, 2.75) is 64.3 Å². The molecule has 1 saturated carbocycles. The first-order valence-corrected chi connectivity index (χ1v) is 12.2. The van der Waals surface area contributed by atoms with Crippen LogP contribution in [-0.4, -0.2) is 28.6 Å². The fraction of sp³-hybridized carbons (Fsp3) is 0.481. The van der Waals surface area contributed by atoms with E-state index in [2.05, 4.69) is 28.8 Å². The number of imidazole rings is 1. The third-order valence-corrected chi connectivity index (χ3v) is 7.12. The van der Waals surface area contributed by atoms with Crippen LogP contribution in [0.2, 0.25) is 0 Å². The van der Waals surface area contributed by atoms with E-state index in [1.807, 2.05) is 36.1 Å². The molecule has 0 radical (unpaired) electrons. The molecule has 3 aromatic rings. The number of anilines is 1. The van der Waals surface area contributed by atoms with Crippen LogP contribution in [0.25, 0.3) is 11.0 Å². The standard InChI is InChI=1S/C27H33N3O2/c1-2-32-23-14-12-22(13-15-23)30-19-21(18-26(30)31)27-28-24-10-6-7-11-25(24)29(27)17-16-20-8-4-3-5-9-20/h6-7,10-15,20-21H,2-5,8-9,16-19H2,1H3/t21-/m0/s1. The molecule has 1 aliphatic carbocycles. The van der Waals surface area contributed by atoms with Gasteiger partial charge in [-0.1, -0.05) is 44.2 Å². The number of carbonyl (C=O) groups is 1. The average Bonchev–Trinajstić information content (AvgIpc) is 3.39. The van der Waals surface area contributed by atoms with Gasteiger partial charge < -0.3 is 14.2 Å². The molecule has 2 fully saturated rings. The third-order valence-electron chi connectivity index (χ3n) is 7.12. The number of aromatic nitrogens is 2. The van der Waals surface area contributed by atoms with Crippen LogP contribution in [0.1, 0.15) is 63.6 Å². The molecule has 5 rings (SSSR count). The molecule has 2 aromatic carbocycles. The zero-order valence-corrected chi connectivity index (χ0v) is 19.0. The molecule has 32 heavy (non-hydrogen) atoms. The maximum atomic E-state index is 13.0. The molecule has 1 aromatic heterocycles. The summed E-state index contributed by atoms with van der Waals surface area (Å²) in [6, 6.07) is 16.3. The molecule has 1 aliphatic heterocycles. The molecule has 2 heterocycles. The van der Waals surface area contributed by atoms with E-state index in [1.54, 1.807) is 0 Å². The molecule has 0 spiro atoms. The Morgan fingerprint density at radius 2 is 1.81 bits per heavy atom. The van der Waals surface area contributed by atoms with Gasteiger partial charge in [0.25, 0.3) is 0 Å². The number of hydrogen-bond donors (Lipinski definition) is 0. The maximum absolute atomic E-state index is 13.0. The molecule has 2 aliphatic rings. The summed E-state index contributed by atoms with van der Waals surface area (Å²) >= 11 is 0. The van der Waals surface area contributed by atoms with E-state index in [-0.39, 0.29) is 11.8 Å². The lowest BCUT2D eigenvalue weighted by Gasteiger charge is -2.23. The van der Waals surface area contributed by atoms with Gasteiger partial charge in [-0.2, -0.15) is 0 Å². The Morgan fingerprint density at radius 3 is 2.59 bits per heavy atom.